The number of fused-ring (bicyclic) bond motifs is 3. The van der Waals surface area contributed by atoms with Crippen molar-refractivity contribution in [2.24, 2.45) is 11.3 Å². The smallest absolute Gasteiger partial charge is 0.409 e. The van der Waals surface area contributed by atoms with E-state index in [1.807, 2.05) is 29.1 Å². The quantitative estimate of drug-likeness (QED) is 0.412. The minimum Gasteiger partial charge on any atom is -0.492 e. The van der Waals surface area contributed by atoms with Gasteiger partial charge in [0.25, 0.3) is 0 Å². The maximum Gasteiger partial charge on any atom is 0.409 e. The first-order chi connectivity index (χ1) is 17.5. The van der Waals surface area contributed by atoms with Gasteiger partial charge < -0.3 is 24.7 Å². The summed E-state index contributed by atoms with van der Waals surface area (Å²) in [5.74, 6) is 2.33. The number of allylic oxidation sites excluding steroid dienone is 1. The van der Waals surface area contributed by atoms with Gasteiger partial charge in [0.1, 0.15) is 5.75 Å². The number of nitrogens with one attached hydrogen (secondary N) is 1. The molecular weight excluding hydrogens is 450 g/mol. The molecule has 2 fully saturated rings. The standard InChI is InChI=1S/C14H14BNO2.C13H11NO.CHBO/c1-15(18)16-8-10-7-14(10)12(16)6-9-4-2-3-5-11(9)13(14)17;1-2-4-10-8(3-1)5-11-12-9(6-14-11)7-15-13(10)12;2-1-3/h2-6,10,18H,7-8H2,1H3;1-5,9,14H,6-7H2;1H. The number of ketones is 1. The van der Waals surface area contributed by atoms with E-state index in [2.05, 4.69) is 49.6 Å². The van der Waals surface area contributed by atoms with Crippen LogP contribution in [0.4, 0.5) is 5.69 Å². The fraction of sp³-hybridized carbons (Fsp3) is 0.286. The normalized spacial score (nSPS) is 24.9. The van der Waals surface area contributed by atoms with E-state index in [9.17, 15) is 9.82 Å². The van der Waals surface area contributed by atoms with Gasteiger partial charge in [0.15, 0.2) is 13.6 Å². The number of hydrogen-bond donors (Lipinski definition) is 2. The summed E-state index contributed by atoms with van der Waals surface area (Å²) in [6.07, 6.45) is 3.30. The number of rotatable bonds is 1. The Morgan fingerprint density at radius 1 is 1.22 bits per heavy atom. The van der Waals surface area contributed by atoms with E-state index in [-0.39, 0.29) is 17.4 Å². The van der Waals surface area contributed by atoms with Crippen molar-refractivity contribution in [2.45, 2.75) is 19.2 Å². The van der Waals surface area contributed by atoms with Gasteiger partial charge in [-0.25, -0.2) is 0 Å². The molecule has 3 heterocycles. The van der Waals surface area contributed by atoms with Crippen molar-refractivity contribution >= 4 is 49.4 Å². The zero-order chi connectivity index (χ0) is 25.0. The molecular formula is C28H26B2N2O4. The highest BCUT2D eigenvalue weighted by atomic mass is 16.5. The average Bonchev–Trinajstić information content (AvgIpc) is 3.17. The molecule has 3 aromatic rings. The van der Waals surface area contributed by atoms with Crippen LogP contribution >= 0.6 is 0 Å². The third kappa shape index (κ3) is 3.31. The molecule has 3 aromatic carbocycles. The molecule has 1 spiro atoms. The zero-order valence-electron chi connectivity index (χ0n) is 20.1. The third-order valence-corrected chi connectivity index (χ3v) is 8.06. The molecule has 3 aliphatic heterocycles. The lowest BCUT2D eigenvalue weighted by molar-refractivity contribution is 0.0915. The molecule has 0 amide bonds. The van der Waals surface area contributed by atoms with Crippen LogP contribution in [0.25, 0.3) is 16.8 Å². The Kier molecular flexibility index (Phi) is 5.45. The summed E-state index contributed by atoms with van der Waals surface area (Å²) in [4.78, 5) is 23.2. The molecule has 2 radical (unpaired) electrons. The fourth-order valence-corrected chi connectivity index (χ4v) is 6.33. The average molecular weight is 476 g/mol. The van der Waals surface area contributed by atoms with E-state index in [1.54, 1.807) is 6.82 Å². The van der Waals surface area contributed by atoms with E-state index < -0.39 is 7.05 Å². The molecule has 5 aliphatic rings. The van der Waals surface area contributed by atoms with Crippen LogP contribution in [0.3, 0.4) is 0 Å². The van der Waals surface area contributed by atoms with Gasteiger partial charge in [-0.15, -0.1) is 0 Å². The Balaban J connectivity index is 0.000000122. The first-order valence-corrected chi connectivity index (χ1v) is 12.4. The van der Waals surface area contributed by atoms with Gasteiger partial charge >= 0.3 is 7.05 Å². The van der Waals surface area contributed by atoms with Gasteiger partial charge in [0.05, 0.1) is 18.2 Å². The summed E-state index contributed by atoms with van der Waals surface area (Å²) in [5, 5.41) is 15.8. The molecule has 8 heteroatoms. The summed E-state index contributed by atoms with van der Waals surface area (Å²) in [7, 11) is 3.65. The van der Waals surface area contributed by atoms with Crippen molar-refractivity contribution in [3.63, 3.8) is 0 Å². The topological polar surface area (TPSA) is 78.9 Å². The van der Waals surface area contributed by atoms with E-state index in [4.69, 9.17) is 9.53 Å². The van der Waals surface area contributed by atoms with Crippen molar-refractivity contribution in [3.05, 3.63) is 77.0 Å². The van der Waals surface area contributed by atoms with Gasteiger partial charge in [0, 0.05) is 46.9 Å². The number of Topliss-reactive ketones (excluding diaryl/α,β-unsaturated/α-hetero) is 1. The number of nitrogens with zero attached hydrogens (tertiary/aromatic N) is 1. The van der Waals surface area contributed by atoms with Crippen LogP contribution < -0.4 is 10.1 Å². The first-order valence-electron chi connectivity index (χ1n) is 12.4. The number of anilines is 1. The van der Waals surface area contributed by atoms with E-state index >= 15 is 0 Å². The van der Waals surface area contributed by atoms with Gasteiger partial charge in [-0.1, -0.05) is 48.5 Å². The second kappa shape index (κ2) is 8.56. The Morgan fingerprint density at radius 2 is 1.97 bits per heavy atom. The highest BCUT2D eigenvalue weighted by Gasteiger charge is 2.69. The Hall–Kier alpha value is -3.51. The lowest BCUT2D eigenvalue weighted by Gasteiger charge is -2.30. The molecule has 3 atom stereocenters. The number of piperidine rings is 1. The maximum absolute atomic E-state index is 12.7. The number of ether oxygens (including phenoxy) is 1. The minimum absolute atomic E-state index is 0.250. The van der Waals surface area contributed by atoms with Crippen molar-refractivity contribution < 1.29 is 19.3 Å². The van der Waals surface area contributed by atoms with Crippen LogP contribution in [0.15, 0.2) is 60.3 Å². The SMILES string of the molecule is CB(O)N1CC2CC23C(=O)c2ccccc2C=C13.[B]C=O.c1ccc2c3c4c(cc2c1)NCC4CO3. The van der Waals surface area contributed by atoms with Crippen LogP contribution in [-0.2, 0) is 4.79 Å². The monoisotopic (exact) mass is 476 g/mol. The van der Waals surface area contributed by atoms with E-state index in [1.165, 1.54) is 22.0 Å². The molecule has 0 aromatic heterocycles. The van der Waals surface area contributed by atoms with Crippen LogP contribution in [0.5, 0.6) is 5.75 Å². The van der Waals surface area contributed by atoms with Gasteiger partial charge in [-0.05, 0) is 42.3 Å². The fourth-order valence-electron chi connectivity index (χ4n) is 6.33. The number of carbonyl (C=O) groups is 2. The summed E-state index contributed by atoms with van der Waals surface area (Å²) >= 11 is 0. The summed E-state index contributed by atoms with van der Waals surface area (Å²) in [6.45, 7) is 4.44. The minimum atomic E-state index is -0.515. The van der Waals surface area contributed by atoms with Crippen LogP contribution in [-0.4, -0.2) is 56.4 Å². The van der Waals surface area contributed by atoms with Gasteiger partial charge in [-0.2, -0.15) is 0 Å². The molecule has 1 saturated carbocycles. The highest BCUT2D eigenvalue weighted by Crippen LogP contribution is 2.67. The lowest BCUT2D eigenvalue weighted by Crippen LogP contribution is -2.38. The molecule has 178 valence electrons. The van der Waals surface area contributed by atoms with Gasteiger partial charge in [0.2, 0.25) is 0 Å². The molecule has 1 saturated heterocycles. The number of carbonyl (C=O) groups excluding carboxylic acids is 2. The molecule has 6 nitrogen and oxygen atoms in total. The molecule has 3 unspecified atom stereocenters. The Morgan fingerprint density at radius 3 is 2.78 bits per heavy atom. The highest BCUT2D eigenvalue weighted by molar-refractivity contribution is 6.48. The number of hydrogen-bond acceptors (Lipinski definition) is 6. The van der Waals surface area contributed by atoms with Crippen LogP contribution in [0.2, 0.25) is 6.82 Å². The second-order valence-corrected chi connectivity index (χ2v) is 10.0. The largest absolute Gasteiger partial charge is 0.492 e. The Bertz CT molecular complexity index is 1420. The van der Waals surface area contributed by atoms with Crippen molar-refractivity contribution in [1.29, 1.82) is 0 Å². The van der Waals surface area contributed by atoms with Crippen molar-refractivity contribution in [3.8, 4) is 5.75 Å². The Labute approximate surface area is 211 Å². The van der Waals surface area contributed by atoms with E-state index in [0.29, 0.717) is 11.8 Å². The predicted octanol–water partition coefficient (Wildman–Crippen LogP) is 3.74. The molecule has 2 aliphatic carbocycles. The van der Waals surface area contributed by atoms with Crippen LogP contribution in [0, 0.1) is 11.3 Å². The summed E-state index contributed by atoms with van der Waals surface area (Å²) in [6, 6.07) is 18.4. The molecule has 0 bridgehead atoms. The first kappa shape index (κ1) is 22.9. The van der Waals surface area contributed by atoms with Gasteiger partial charge in [-0.3, -0.25) is 4.79 Å². The van der Waals surface area contributed by atoms with E-state index in [0.717, 1.165) is 48.7 Å². The third-order valence-electron chi connectivity index (χ3n) is 8.06. The predicted molar refractivity (Wildman–Crippen MR) is 143 cm³/mol. The van der Waals surface area contributed by atoms with Crippen molar-refractivity contribution in [2.75, 3.05) is 25.0 Å². The number of benzene rings is 3. The van der Waals surface area contributed by atoms with Crippen molar-refractivity contribution in [1.82, 2.24) is 4.81 Å². The summed E-state index contributed by atoms with van der Waals surface area (Å²) in [5.41, 5.74) is 5.23. The maximum atomic E-state index is 12.7. The lowest BCUT2D eigenvalue weighted by atomic mass is 9.78. The molecule has 36 heavy (non-hydrogen) atoms. The molecule has 8 rings (SSSR count). The van der Waals surface area contributed by atoms with Crippen LogP contribution in [0.1, 0.15) is 33.8 Å². The molecule has 2 N–H and O–H groups in total. The zero-order valence-corrected chi connectivity index (χ0v) is 20.1. The summed E-state index contributed by atoms with van der Waals surface area (Å²) < 4.78 is 5.82. The second-order valence-electron chi connectivity index (χ2n) is 10.0.